The van der Waals surface area contributed by atoms with E-state index in [1.165, 1.54) is 11.8 Å². The van der Waals surface area contributed by atoms with Crippen LogP contribution in [0.25, 0.3) is 5.57 Å². The highest BCUT2D eigenvalue weighted by Crippen LogP contribution is 2.39. The van der Waals surface area contributed by atoms with Crippen molar-refractivity contribution in [2.24, 2.45) is 0 Å². The smallest absolute Gasteiger partial charge is 0.272 e. The Morgan fingerprint density at radius 3 is 2.27 bits per heavy atom. The molecule has 1 aliphatic heterocycles. The third-order valence-corrected chi connectivity index (χ3v) is 5.45. The zero-order chi connectivity index (χ0) is 18.8. The summed E-state index contributed by atoms with van der Waals surface area (Å²) >= 11 is 13.1. The Morgan fingerprint density at radius 1 is 1.00 bits per heavy atom. The molecule has 0 fully saturated rings. The zero-order valence-corrected chi connectivity index (χ0v) is 16.2. The van der Waals surface area contributed by atoms with Crippen LogP contribution in [0.4, 0.5) is 5.69 Å². The summed E-state index contributed by atoms with van der Waals surface area (Å²) in [4.78, 5) is 27.6. The molecular formula is C19H15Cl2NO3S. The van der Waals surface area contributed by atoms with E-state index in [2.05, 4.69) is 0 Å². The summed E-state index contributed by atoms with van der Waals surface area (Å²) in [6, 6.07) is 11.8. The summed E-state index contributed by atoms with van der Waals surface area (Å²) in [6.45, 7) is 1.70. The van der Waals surface area contributed by atoms with Gasteiger partial charge in [0.1, 0.15) is 0 Å². The summed E-state index contributed by atoms with van der Waals surface area (Å²) in [6.07, 6.45) is 0. The maximum atomic E-state index is 13.1. The van der Waals surface area contributed by atoms with Crippen molar-refractivity contribution in [1.29, 1.82) is 0 Å². The number of aliphatic hydroxyl groups excluding tert-OH is 1. The van der Waals surface area contributed by atoms with E-state index in [-0.39, 0.29) is 6.61 Å². The second-order valence-electron chi connectivity index (χ2n) is 5.66. The van der Waals surface area contributed by atoms with E-state index in [1.807, 2.05) is 0 Å². The topological polar surface area (TPSA) is 57.6 Å². The van der Waals surface area contributed by atoms with E-state index in [0.717, 1.165) is 10.5 Å². The molecular weight excluding hydrogens is 393 g/mol. The number of aliphatic hydroxyl groups is 1. The molecule has 3 rings (SSSR count). The number of carbonyl (C=O) groups excluding carboxylic acids is 2. The molecule has 1 aliphatic rings. The molecule has 0 aromatic heterocycles. The van der Waals surface area contributed by atoms with Gasteiger partial charge in [0.2, 0.25) is 0 Å². The summed E-state index contributed by atoms with van der Waals surface area (Å²) in [7, 11) is 0. The Labute approximate surface area is 165 Å². The maximum Gasteiger partial charge on any atom is 0.272 e. The third kappa shape index (κ3) is 3.53. The van der Waals surface area contributed by atoms with Crippen LogP contribution in [0.2, 0.25) is 10.0 Å². The fourth-order valence-corrected chi connectivity index (χ4v) is 3.96. The average molecular weight is 408 g/mol. The fourth-order valence-electron chi connectivity index (χ4n) is 2.75. The van der Waals surface area contributed by atoms with Crippen LogP contribution in [-0.4, -0.2) is 29.3 Å². The maximum absolute atomic E-state index is 13.1. The van der Waals surface area contributed by atoms with E-state index in [0.29, 0.717) is 37.5 Å². The number of thioether (sulfide) groups is 1. The Bertz CT molecular complexity index is 910. The second kappa shape index (κ2) is 7.84. The predicted molar refractivity (Wildman–Crippen MR) is 107 cm³/mol. The molecule has 0 radical (unpaired) electrons. The van der Waals surface area contributed by atoms with Crippen molar-refractivity contribution < 1.29 is 14.7 Å². The fraction of sp³-hybridized carbons (Fsp3) is 0.158. The first-order valence-corrected chi connectivity index (χ1v) is 9.57. The number of hydrogen-bond acceptors (Lipinski definition) is 4. The molecule has 4 nitrogen and oxygen atoms in total. The number of anilines is 1. The van der Waals surface area contributed by atoms with Gasteiger partial charge < -0.3 is 5.11 Å². The molecule has 0 atom stereocenters. The first-order valence-electron chi connectivity index (χ1n) is 7.83. The van der Waals surface area contributed by atoms with E-state index in [9.17, 15) is 9.59 Å². The van der Waals surface area contributed by atoms with Crippen LogP contribution in [0.15, 0.2) is 47.4 Å². The number of halogens is 2. The largest absolute Gasteiger partial charge is 0.396 e. The van der Waals surface area contributed by atoms with Gasteiger partial charge >= 0.3 is 0 Å². The molecule has 0 saturated carbocycles. The normalized spacial score (nSPS) is 14.5. The standard InChI is InChI=1S/C19H15Cl2NO3S/c1-11-10-14(21)6-7-15(11)22-18(24)16(12-2-4-13(20)5-3-12)17(19(22)25)26-9-8-23/h2-7,10,23H,8-9H2,1H3. The van der Waals surface area contributed by atoms with E-state index >= 15 is 0 Å². The highest BCUT2D eigenvalue weighted by atomic mass is 35.5. The number of nitrogens with zero attached hydrogens (tertiary/aromatic N) is 1. The summed E-state index contributed by atoms with van der Waals surface area (Å²) in [5, 5.41) is 10.2. The molecule has 0 saturated heterocycles. The number of amides is 2. The molecule has 2 amide bonds. The molecule has 0 spiro atoms. The van der Waals surface area contributed by atoms with Gasteiger partial charge in [0, 0.05) is 15.8 Å². The first kappa shape index (κ1) is 19.0. The summed E-state index contributed by atoms with van der Waals surface area (Å²) < 4.78 is 0. The molecule has 134 valence electrons. The van der Waals surface area contributed by atoms with Crippen LogP contribution in [0.3, 0.4) is 0 Å². The number of aryl methyl sites for hydroxylation is 1. The van der Waals surface area contributed by atoms with Gasteiger partial charge in [-0.15, -0.1) is 11.8 Å². The lowest BCUT2D eigenvalue weighted by molar-refractivity contribution is -0.119. The zero-order valence-electron chi connectivity index (χ0n) is 13.8. The minimum atomic E-state index is -0.400. The number of benzene rings is 2. The molecule has 26 heavy (non-hydrogen) atoms. The van der Waals surface area contributed by atoms with Gasteiger partial charge in [0.05, 0.1) is 22.8 Å². The Balaban J connectivity index is 2.09. The van der Waals surface area contributed by atoms with Crippen LogP contribution >= 0.6 is 35.0 Å². The van der Waals surface area contributed by atoms with E-state index in [1.54, 1.807) is 49.4 Å². The molecule has 2 aromatic rings. The van der Waals surface area contributed by atoms with Crippen molar-refractivity contribution in [2.45, 2.75) is 6.92 Å². The monoisotopic (exact) mass is 407 g/mol. The van der Waals surface area contributed by atoms with Crippen LogP contribution in [0, 0.1) is 6.92 Å². The predicted octanol–water partition coefficient (Wildman–Crippen LogP) is 4.31. The van der Waals surface area contributed by atoms with Crippen LogP contribution in [-0.2, 0) is 9.59 Å². The first-order chi connectivity index (χ1) is 12.4. The van der Waals surface area contributed by atoms with Crippen molar-refractivity contribution >= 4 is 58.0 Å². The van der Waals surface area contributed by atoms with Gasteiger partial charge in [-0.25, -0.2) is 4.90 Å². The van der Waals surface area contributed by atoms with E-state index < -0.39 is 11.8 Å². The molecule has 1 heterocycles. The highest BCUT2D eigenvalue weighted by Gasteiger charge is 2.40. The molecule has 2 aromatic carbocycles. The van der Waals surface area contributed by atoms with Crippen molar-refractivity contribution in [1.82, 2.24) is 0 Å². The van der Waals surface area contributed by atoms with Gasteiger partial charge in [-0.05, 0) is 48.4 Å². The number of rotatable bonds is 5. The Morgan fingerprint density at radius 2 is 1.65 bits per heavy atom. The van der Waals surface area contributed by atoms with Crippen molar-refractivity contribution in [3.8, 4) is 0 Å². The lowest BCUT2D eigenvalue weighted by atomic mass is 10.1. The molecule has 0 aliphatic carbocycles. The molecule has 7 heteroatoms. The van der Waals surface area contributed by atoms with E-state index in [4.69, 9.17) is 28.3 Å². The molecule has 1 N–H and O–H groups in total. The van der Waals surface area contributed by atoms with Crippen molar-refractivity contribution in [3.63, 3.8) is 0 Å². The molecule has 0 unspecified atom stereocenters. The lowest BCUT2D eigenvalue weighted by Crippen LogP contribution is -2.32. The Hall–Kier alpha value is -1.79. The number of carbonyl (C=O) groups is 2. The highest BCUT2D eigenvalue weighted by molar-refractivity contribution is 8.04. The Kier molecular flexibility index (Phi) is 5.73. The third-order valence-electron chi connectivity index (χ3n) is 3.91. The minimum Gasteiger partial charge on any atom is -0.396 e. The minimum absolute atomic E-state index is 0.0937. The van der Waals surface area contributed by atoms with Gasteiger partial charge in [-0.1, -0.05) is 35.3 Å². The lowest BCUT2D eigenvalue weighted by Gasteiger charge is -2.18. The van der Waals surface area contributed by atoms with Gasteiger partial charge in [-0.3, -0.25) is 9.59 Å². The summed E-state index contributed by atoms with van der Waals surface area (Å²) in [5.41, 5.74) is 2.15. The second-order valence-corrected chi connectivity index (χ2v) is 7.64. The van der Waals surface area contributed by atoms with Crippen molar-refractivity contribution in [2.75, 3.05) is 17.3 Å². The summed E-state index contributed by atoms with van der Waals surface area (Å²) in [5.74, 6) is -0.481. The molecule has 0 bridgehead atoms. The SMILES string of the molecule is Cc1cc(Cl)ccc1N1C(=O)C(SCCO)=C(c2ccc(Cl)cc2)C1=O. The van der Waals surface area contributed by atoms with Gasteiger partial charge in [0.25, 0.3) is 11.8 Å². The van der Waals surface area contributed by atoms with Crippen molar-refractivity contribution in [3.05, 3.63) is 68.5 Å². The van der Waals surface area contributed by atoms with Crippen LogP contribution in [0.1, 0.15) is 11.1 Å². The van der Waals surface area contributed by atoms with Crippen LogP contribution in [0.5, 0.6) is 0 Å². The van der Waals surface area contributed by atoms with Crippen LogP contribution < -0.4 is 4.90 Å². The van der Waals surface area contributed by atoms with Gasteiger partial charge in [-0.2, -0.15) is 0 Å². The quantitative estimate of drug-likeness (QED) is 0.750. The van der Waals surface area contributed by atoms with Gasteiger partial charge in [0.15, 0.2) is 0 Å². The number of imide groups is 1. The average Bonchev–Trinajstić information content (AvgIpc) is 2.85. The number of hydrogen-bond donors (Lipinski definition) is 1.